The molecule has 1 amide bonds. The first-order valence-electron chi connectivity index (χ1n) is 5.60. The molecule has 1 heterocycles. The van der Waals surface area contributed by atoms with Gasteiger partial charge in [0.15, 0.2) is 0 Å². The number of nitrogens with zero attached hydrogens (tertiary/aromatic N) is 1. The summed E-state index contributed by atoms with van der Waals surface area (Å²) >= 11 is 0. The van der Waals surface area contributed by atoms with Gasteiger partial charge in [-0.3, -0.25) is 4.79 Å². The number of carbonyl (C=O) groups excluding carboxylic acids is 1. The average molecular weight is 196 g/mol. The second-order valence-corrected chi connectivity index (χ2v) is 5.13. The fourth-order valence-electron chi connectivity index (χ4n) is 1.98. The van der Waals surface area contributed by atoms with Crippen LogP contribution in [0, 0.1) is 5.92 Å². The number of hydrogen-bond acceptors (Lipinski definition) is 2. The number of rotatable bonds is 2. The number of piperidine rings is 1. The molecule has 1 aliphatic heterocycles. The number of carbonyl (C=O) groups is 1. The Kier molecular flexibility index (Phi) is 2.52. The Balaban J connectivity index is 1.85. The molecule has 2 aliphatic rings. The van der Waals surface area contributed by atoms with Gasteiger partial charge in [0.2, 0.25) is 5.91 Å². The summed E-state index contributed by atoms with van der Waals surface area (Å²) in [6, 6.07) is 0. The van der Waals surface area contributed by atoms with E-state index in [-0.39, 0.29) is 11.4 Å². The Bertz CT molecular complexity index is 227. The minimum atomic E-state index is 0.0617. The molecule has 0 atom stereocenters. The van der Waals surface area contributed by atoms with Crippen LogP contribution < -0.4 is 5.32 Å². The van der Waals surface area contributed by atoms with Crippen molar-refractivity contribution in [3.8, 4) is 0 Å². The van der Waals surface area contributed by atoms with Crippen LogP contribution in [0.4, 0.5) is 0 Å². The van der Waals surface area contributed by atoms with Gasteiger partial charge in [-0.1, -0.05) is 0 Å². The molecule has 80 valence electrons. The summed E-state index contributed by atoms with van der Waals surface area (Å²) in [5.41, 5.74) is 0.0617. The van der Waals surface area contributed by atoms with E-state index in [4.69, 9.17) is 0 Å². The fraction of sp³-hybridized carbons (Fsp3) is 0.909. The first kappa shape index (κ1) is 9.97. The summed E-state index contributed by atoms with van der Waals surface area (Å²) in [7, 11) is 2.14. The monoisotopic (exact) mass is 196 g/mol. The van der Waals surface area contributed by atoms with E-state index in [0.29, 0.717) is 5.92 Å². The molecule has 3 nitrogen and oxygen atoms in total. The second-order valence-electron chi connectivity index (χ2n) is 5.13. The highest BCUT2D eigenvalue weighted by Crippen LogP contribution is 2.30. The Morgan fingerprint density at radius 3 is 2.43 bits per heavy atom. The number of nitrogens with one attached hydrogen (secondary N) is 1. The van der Waals surface area contributed by atoms with Crippen molar-refractivity contribution in [3.63, 3.8) is 0 Å². The summed E-state index contributed by atoms with van der Waals surface area (Å²) in [6.07, 6.45) is 4.37. The first-order chi connectivity index (χ1) is 6.59. The molecule has 0 aromatic carbocycles. The zero-order valence-electron chi connectivity index (χ0n) is 9.18. The molecule has 0 radical (unpaired) electrons. The molecule has 1 saturated heterocycles. The predicted molar refractivity (Wildman–Crippen MR) is 56.0 cm³/mol. The van der Waals surface area contributed by atoms with E-state index in [2.05, 4.69) is 24.2 Å². The molecular weight excluding hydrogens is 176 g/mol. The van der Waals surface area contributed by atoms with Crippen LogP contribution in [0.5, 0.6) is 0 Å². The third-order valence-corrected chi connectivity index (χ3v) is 3.46. The van der Waals surface area contributed by atoms with Crippen LogP contribution in [0.2, 0.25) is 0 Å². The number of hydrogen-bond donors (Lipinski definition) is 1. The van der Waals surface area contributed by atoms with Crippen molar-refractivity contribution in [2.75, 3.05) is 20.1 Å². The Morgan fingerprint density at radius 1 is 1.36 bits per heavy atom. The van der Waals surface area contributed by atoms with Crippen molar-refractivity contribution < 1.29 is 4.79 Å². The minimum Gasteiger partial charge on any atom is -0.351 e. The SMILES string of the molecule is CN1CCC(C)(NC(=O)C2CC2)CC1. The Morgan fingerprint density at radius 2 is 1.93 bits per heavy atom. The standard InChI is InChI=1S/C11H20N2O/c1-11(5-7-13(2)8-6-11)12-10(14)9-3-4-9/h9H,3-8H2,1-2H3,(H,12,14). The maximum atomic E-state index is 11.6. The Labute approximate surface area is 85.8 Å². The van der Waals surface area contributed by atoms with Gasteiger partial charge in [0.1, 0.15) is 0 Å². The molecule has 14 heavy (non-hydrogen) atoms. The van der Waals surface area contributed by atoms with Crippen molar-refractivity contribution in [3.05, 3.63) is 0 Å². The van der Waals surface area contributed by atoms with Gasteiger partial charge in [0, 0.05) is 24.5 Å². The average Bonchev–Trinajstić information content (AvgIpc) is 2.93. The van der Waals surface area contributed by atoms with Crippen LogP contribution in [0.1, 0.15) is 32.6 Å². The van der Waals surface area contributed by atoms with Gasteiger partial charge < -0.3 is 10.2 Å². The van der Waals surface area contributed by atoms with E-state index in [1.54, 1.807) is 0 Å². The number of amides is 1. The van der Waals surface area contributed by atoms with Crippen LogP contribution in [-0.4, -0.2) is 36.5 Å². The summed E-state index contributed by atoms with van der Waals surface area (Å²) in [6.45, 7) is 4.38. The van der Waals surface area contributed by atoms with Gasteiger partial charge in [-0.15, -0.1) is 0 Å². The van der Waals surface area contributed by atoms with Gasteiger partial charge in [0.25, 0.3) is 0 Å². The van der Waals surface area contributed by atoms with Gasteiger partial charge >= 0.3 is 0 Å². The minimum absolute atomic E-state index is 0.0617. The quantitative estimate of drug-likeness (QED) is 0.714. The lowest BCUT2D eigenvalue weighted by molar-refractivity contribution is -0.124. The van der Waals surface area contributed by atoms with Crippen LogP contribution in [0.15, 0.2) is 0 Å². The van der Waals surface area contributed by atoms with Crippen LogP contribution in [-0.2, 0) is 4.79 Å². The zero-order chi connectivity index (χ0) is 10.2. The van der Waals surface area contributed by atoms with Gasteiger partial charge in [0.05, 0.1) is 0 Å². The van der Waals surface area contributed by atoms with E-state index in [9.17, 15) is 4.79 Å². The van der Waals surface area contributed by atoms with E-state index >= 15 is 0 Å². The van der Waals surface area contributed by atoms with Crippen molar-refractivity contribution in [1.82, 2.24) is 10.2 Å². The Hall–Kier alpha value is -0.570. The molecular formula is C11H20N2O. The molecule has 1 aliphatic carbocycles. The lowest BCUT2D eigenvalue weighted by Crippen LogP contribution is -2.53. The van der Waals surface area contributed by atoms with Gasteiger partial charge in [-0.25, -0.2) is 0 Å². The topological polar surface area (TPSA) is 32.3 Å². The highest BCUT2D eigenvalue weighted by atomic mass is 16.2. The van der Waals surface area contributed by atoms with E-state index < -0.39 is 0 Å². The normalized spacial score (nSPS) is 27.3. The van der Waals surface area contributed by atoms with Crippen molar-refractivity contribution >= 4 is 5.91 Å². The van der Waals surface area contributed by atoms with E-state index in [0.717, 1.165) is 38.8 Å². The molecule has 0 unspecified atom stereocenters. The molecule has 1 N–H and O–H groups in total. The molecule has 1 saturated carbocycles. The highest BCUT2D eigenvalue weighted by molar-refractivity contribution is 5.81. The van der Waals surface area contributed by atoms with Crippen molar-refractivity contribution in [2.45, 2.75) is 38.1 Å². The maximum Gasteiger partial charge on any atom is 0.223 e. The predicted octanol–water partition coefficient (Wildman–Crippen LogP) is 0.997. The largest absolute Gasteiger partial charge is 0.351 e. The molecule has 0 aromatic rings. The second kappa shape index (κ2) is 3.54. The smallest absolute Gasteiger partial charge is 0.223 e. The van der Waals surface area contributed by atoms with Crippen LogP contribution in [0.25, 0.3) is 0 Å². The maximum absolute atomic E-state index is 11.6. The molecule has 3 heteroatoms. The fourth-order valence-corrected chi connectivity index (χ4v) is 1.98. The lowest BCUT2D eigenvalue weighted by Gasteiger charge is -2.38. The van der Waals surface area contributed by atoms with Crippen molar-refractivity contribution in [1.29, 1.82) is 0 Å². The summed E-state index contributed by atoms with van der Waals surface area (Å²) in [4.78, 5) is 14.0. The van der Waals surface area contributed by atoms with Gasteiger partial charge in [-0.05, 0) is 39.7 Å². The third-order valence-electron chi connectivity index (χ3n) is 3.46. The number of likely N-dealkylation sites (tertiary alicyclic amines) is 1. The summed E-state index contributed by atoms with van der Waals surface area (Å²) < 4.78 is 0. The third kappa shape index (κ3) is 2.27. The molecule has 0 aromatic heterocycles. The van der Waals surface area contributed by atoms with Crippen LogP contribution in [0.3, 0.4) is 0 Å². The zero-order valence-corrected chi connectivity index (χ0v) is 9.18. The summed E-state index contributed by atoms with van der Waals surface area (Å²) in [5, 5.41) is 3.21. The summed E-state index contributed by atoms with van der Waals surface area (Å²) in [5.74, 6) is 0.628. The van der Waals surface area contributed by atoms with E-state index in [1.165, 1.54) is 0 Å². The lowest BCUT2D eigenvalue weighted by atomic mass is 9.89. The van der Waals surface area contributed by atoms with E-state index in [1.807, 2.05) is 0 Å². The first-order valence-corrected chi connectivity index (χ1v) is 5.60. The molecule has 2 rings (SSSR count). The molecule has 0 bridgehead atoms. The van der Waals surface area contributed by atoms with Crippen LogP contribution >= 0.6 is 0 Å². The molecule has 2 fully saturated rings. The van der Waals surface area contributed by atoms with Crippen molar-refractivity contribution in [2.24, 2.45) is 5.92 Å². The molecule has 0 spiro atoms. The highest BCUT2D eigenvalue weighted by Gasteiger charge is 2.36. The van der Waals surface area contributed by atoms with Gasteiger partial charge in [-0.2, -0.15) is 0 Å².